The molecule has 20 heavy (non-hydrogen) atoms. The molecule has 0 spiro atoms. The Bertz CT molecular complexity index is 635. The molecule has 1 heterocycles. The van der Waals surface area contributed by atoms with Crippen LogP contribution in [0.1, 0.15) is 36.2 Å². The first-order valence-corrected chi connectivity index (χ1v) is 7.03. The number of hydrogen-bond acceptors (Lipinski definition) is 2. The lowest BCUT2D eigenvalue weighted by atomic mass is 10.1. The minimum atomic E-state index is -0.136. The van der Waals surface area contributed by atoms with Crippen LogP contribution < -0.4 is 5.69 Å². The first-order valence-electron chi connectivity index (χ1n) is 7.03. The SMILES string of the molecule is CCCc1ccc(C(=O)Cn2ccn(CC)c2=O)cc1. The van der Waals surface area contributed by atoms with Crippen LogP contribution >= 0.6 is 0 Å². The van der Waals surface area contributed by atoms with Gasteiger partial charge >= 0.3 is 5.69 Å². The van der Waals surface area contributed by atoms with E-state index in [1.54, 1.807) is 17.0 Å². The molecule has 0 aliphatic rings. The molecular weight excluding hydrogens is 252 g/mol. The van der Waals surface area contributed by atoms with E-state index in [9.17, 15) is 9.59 Å². The number of aryl methyl sites for hydroxylation is 2. The fourth-order valence-corrected chi connectivity index (χ4v) is 2.21. The molecule has 0 saturated heterocycles. The Morgan fingerprint density at radius 3 is 2.25 bits per heavy atom. The van der Waals surface area contributed by atoms with Crippen molar-refractivity contribution in [3.05, 3.63) is 58.3 Å². The third kappa shape index (κ3) is 3.07. The minimum Gasteiger partial charge on any atom is -0.300 e. The monoisotopic (exact) mass is 272 g/mol. The van der Waals surface area contributed by atoms with Gasteiger partial charge in [0, 0.05) is 24.5 Å². The van der Waals surface area contributed by atoms with Gasteiger partial charge in [0.05, 0.1) is 6.54 Å². The minimum absolute atomic E-state index is 0.0380. The van der Waals surface area contributed by atoms with Gasteiger partial charge in [0.15, 0.2) is 5.78 Å². The van der Waals surface area contributed by atoms with Crippen molar-refractivity contribution >= 4 is 5.78 Å². The predicted molar refractivity (Wildman–Crippen MR) is 79.1 cm³/mol. The molecule has 1 aromatic carbocycles. The molecule has 106 valence electrons. The van der Waals surface area contributed by atoms with E-state index in [0.717, 1.165) is 12.8 Å². The number of imidazole rings is 1. The van der Waals surface area contributed by atoms with Gasteiger partial charge in [0.1, 0.15) is 0 Å². The molecule has 0 bridgehead atoms. The number of ketones is 1. The second-order valence-electron chi connectivity index (χ2n) is 4.86. The van der Waals surface area contributed by atoms with Crippen LogP contribution in [0.15, 0.2) is 41.5 Å². The molecule has 1 aromatic heterocycles. The topological polar surface area (TPSA) is 44.0 Å². The highest BCUT2D eigenvalue weighted by Gasteiger charge is 2.09. The van der Waals surface area contributed by atoms with Gasteiger partial charge in [-0.1, -0.05) is 37.6 Å². The summed E-state index contributed by atoms with van der Waals surface area (Å²) < 4.78 is 3.03. The summed E-state index contributed by atoms with van der Waals surface area (Å²) in [5.74, 6) is -0.0380. The average Bonchev–Trinajstić information content (AvgIpc) is 2.80. The quantitative estimate of drug-likeness (QED) is 0.758. The highest BCUT2D eigenvalue weighted by Crippen LogP contribution is 2.08. The van der Waals surface area contributed by atoms with Crippen molar-refractivity contribution in [2.75, 3.05) is 0 Å². The van der Waals surface area contributed by atoms with Gasteiger partial charge in [-0.05, 0) is 18.9 Å². The van der Waals surface area contributed by atoms with Crippen molar-refractivity contribution in [3.8, 4) is 0 Å². The zero-order valence-electron chi connectivity index (χ0n) is 12.0. The summed E-state index contributed by atoms with van der Waals surface area (Å²) in [5, 5.41) is 0. The summed E-state index contributed by atoms with van der Waals surface area (Å²) in [5.41, 5.74) is 1.75. The zero-order chi connectivity index (χ0) is 14.5. The van der Waals surface area contributed by atoms with E-state index < -0.39 is 0 Å². The largest absolute Gasteiger partial charge is 0.328 e. The maximum atomic E-state index is 12.2. The van der Waals surface area contributed by atoms with E-state index in [1.165, 1.54) is 10.1 Å². The summed E-state index contributed by atoms with van der Waals surface area (Å²) in [6.45, 7) is 4.74. The summed E-state index contributed by atoms with van der Waals surface area (Å²) >= 11 is 0. The molecule has 2 rings (SSSR count). The molecule has 0 aliphatic carbocycles. The van der Waals surface area contributed by atoms with Gasteiger partial charge in [-0.2, -0.15) is 0 Å². The van der Waals surface area contributed by atoms with Crippen LogP contribution in [0.4, 0.5) is 0 Å². The third-order valence-corrected chi connectivity index (χ3v) is 3.39. The number of carbonyl (C=O) groups excluding carboxylic acids is 1. The second kappa shape index (κ2) is 6.37. The highest BCUT2D eigenvalue weighted by atomic mass is 16.2. The number of rotatable bonds is 6. The molecule has 0 radical (unpaired) electrons. The highest BCUT2D eigenvalue weighted by molar-refractivity contribution is 5.95. The molecular formula is C16H20N2O2. The van der Waals surface area contributed by atoms with Crippen LogP contribution in [0.3, 0.4) is 0 Å². The summed E-state index contributed by atoms with van der Waals surface area (Å²) in [6, 6.07) is 7.65. The lowest BCUT2D eigenvalue weighted by Crippen LogP contribution is -2.26. The Balaban J connectivity index is 2.11. The van der Waals surface area contributed by atoms with E-state index >= 15 is 0 Å². The number of aromatic nitrogens is 2. The molecule has 0 amide bonds. The van der Waals surface area contributed by atoms with E-state index in [4.69, 9.17) is 0 Å². The van der Waals surface area contributed by atoms with Crippen LogP contribution in [0, 0.1) is 0 Å². The Kier molecular flexibility index (Phi) is 4.56. The summed E-state index contributed by atoms with van der Waals surface area (Å²) in [7, 11) is 0. The van der Waals surface area contributed by atoms with Crippen molar-refractivity contribution in [1.29, 1.82) is 0 Å². The molecule has 0 atom stereocenters. The van der Waals surface area contributed by atoms with Crippen molar-refractivity contribution < 1.29 is 4.79 Å². The molecule has 4 heteroatoms. The van der Waals surface area contributed by atoms with Crippen LogP contribution in [-0.4, -0.2) is 14.9 Å². The smallest absolute Gasteiger partial charge is 0.300 e. The Morgan fingerprint density at radius 1 is 1.05 bits per heavy atom. The van der Waals surface area contributed by atoms with Crippen molar-refractivity contribution in [2.24, 2.45) is 0 Å². The van der Waals surface area contributed by atoms with Crippen LogP contribution in [0.25, 0.3) is 0 Å². The Hall–Kier alpha value is -2.10. The van der Waals surface area contributed by atoms with E-state index in [0.29, 0.717) is 12.1 Å². The number of carbonyl (C=O) groups is 1. The van der Waals surface area contributed by atoms with E-state index in [-0.39, 0.29) is 18.0 Å². The van der Waals surface area contributed by atoms with Gasteiger partial charge < -0.3 is 0 Å². The van der Waals surface area contributed by atoms with Crippen molar-refractivity contribution in [2.45, 2.75) is 39.8 Å². The maximum Gasteiger partial charge on any atom is 0.328 e. The summed E-state index contributed by atoms with van der Waals surface area (Å²) in [4.78, 5) is 24.0. The molecule has 0 aliphatic heterocycles. The molecule has 0 N–H and O–H groups in total. The van der Waals surface area contributed by atoms with Crippen LogP contribution in [0.2, 0.25) is 0 Å². The normalized spacial score (nSPS) is 10.7. The molecule has 0 unspecified atom stereocenters. The first kappa shape index (κ1) is 14.3. The Morgan fingerprint density at radius 2 is 1.70 bits per heavy atom. The average molecular weight is 272 g/mol. The fraction of sp³-hybridized carbons (Fsp3) is 0.375. The van der Waals surface area contributed by atoms with Gasteiger partial charge in [-0.15, -0.1) is 0 Å². The maximum absolute atomic E-state index is 12.2. The van der Waals surface area contributed by atoms with E-state index in [1.807, 2.05) is 31.2 Å². The zero-order valence-corrected chi connectivity index (χ0v) is 12.0. The predicted octanol–water partition coefficient (Wildman–Crippen LogP) is 2.51. The van der Waals surface area contributed by atoms with Gasteiger partial charge in [0.2, 0.25) is 0 Å². The van der Waals surface area contributed by atoms with E-state index in [2.05, 4.69) is 6.92 Å². The van der Waals surface area contributed by atoms with Crippen LogP contribution in [-0.2, 0) is 19.5 Å². The summed E-state index contributed by atoms with van der Waals surface area (Å²) in [6.07, 6.45) is 5.48. The third-order valence-electron chi connectivity index (χ3n) is 3.39. The lowest BCUT2D eigenvalue weighted by molar-refractivity contribution is 0.0970. The van der Waals surface area contributed by atoms with Crippen molar-refractivity contribution in [3.63, 3.8) is 0 Å². The first-order chi connectivity index (χ1) is 9.65. The number of hydrogen-bond donors (Lipinski definition) is 0. The number of nitrogens with zero attached hydrogens (tertiary/aromatic N) is 2. The van der Waals surface area contributed by atoms with Gasteiger partial charge in [0.25, 0.3) is 0 Å². The number of benzene rings is 1. The Labute approximate surface area is 118 Å². The molecule has 0 saturated carbocycles. The molecule has 4 nitrogen and oxygen atoms in total. The lowest BCUT2D eigenvalue weighted by Gasteiger charge is -2.03. The van der Waals surface area contributed by atoms with Crippen LogP contribution in [0.5, 0.6) is 0 Å². The molecule has 2 aromatic rings. The number of Topliss-reactive ketones (excluding diaryl/α,β-unsaturated/α-hetero) is 1. The fourth-order valence-electron chi connectivity index (χ4n) is 2.21. The standard InChI is InChI=1S/C16H20N2O2/c1-3-5-13-6-8-14(9-7-13)15(19)12-18-11-10-17(4-2)16(18)20/h6-11H,3-5,12H2,1-2H3. The van der Waals surface area contributed by atoms with Gasteiger partial charge in [-0.3, -0.25) is 13.9 Å². The second-order valence-corrected chi connectivity index (χ2v) is 4.86. The molecule has 0 fully saturated rings. The van der Waals surface area contributed by atoms with Gasteiger partial charge in [-0.25, -0.2) is 4.79 Å². The van der Waals surface area contributed by atoms with Crippen molar-refractivity contribution in [1.82, 2.24) is 9.13 Å².